The second kappa shape index (κ2) is 5.16. The molecule has 1 aromatic carbocycles. The fourth-order valence-electron chi connectivity index (χ4n) is 2.05. The molecule has 1 aliphatic heterocycles. The highest BCUT2D eigenvalue weighted by Gasteiger charge is 2.27. The van der Waals surface area contributed by atoms with Crippen LogP contribution in [0.3, 0.4) is 0 Å². The molecule has 0 aromatic heterocycles. The predicted octanol–water partition coefficient (Wildman–Crippen LogP) is 0.677. The number of rotatable bonds is 4. The summed E-state index contributed by atoms with van der Waals surface area (Å²) in [5.41, 5.74) is 0.953. The lowest BCUT2D eigenvalue weighted by Crippen LogP contribution is -2.29. The van der Waals surface area contributed by atoms with Gasteiger partial charge in [-0.1, -0.05) is 6.07 Å². The van der Waals surface area contributed by atoms with E-state index in [1.54, 1.807) is 18.2 Å². The molecule has 0 bridgehead atoms. The minimum absolute atomic E-state index is 0.0230. The van der Waals surface area contributed by atoms with Gasteiger partial charge in [-0.3, -0.25) is 0 Å². The van der Waals surface area contributed by atoms with Gasteiger partial charge in [0.1, 0.15) is 0 Å². The van der Waals surface area contributed by atoms with E-state index < -0.39 is 9.84 Å². The Kier molecular flexibility index (Phi) is 3.77. The van der Waals surface area contributed by atoms with E-state index >= 15 is 0 Å². The zero-order valence-electron chi connectivity index (χ0n) is 10.2. The first-order valence-electron chi connectivity index (χ1n) is 5.80. The molecular formula is C12H17NO4S. The summed E-state index contributed by atoms with van der Waals surface area (Å²) in [5, 5.41) is 12.7. The third-order valence-corrected chi connectivity index (χ3v) is 4.84. The molecule has 1 aliphatic rings. The van der Waals surface area contributed by atoms with E-state index in [0.717, 1.165) is 5.56 Å². The van der Waals surface area contributed by atoms with Crippen molar-refractivity contribution < 1.29 is 18.3 Å². The number of methoxy groups -OCH3 is 1. The predicted molar refractivity (Wildman–Crippen MR) is 68.6 cm³/mol. The molecule has 1 saturated heterocycles. The molecule has 0 aliphatic carbocycles. The maximum absolute atomic E-state index is 11.3. The van der Waals surface area contributed by atoms with Gasteiger partial charge in [-0.15, -0.1) is 0 Å². The van der Waals surface area contributed by atoms with E-state index in [1.807, 2.05) is 0 Å². The second-order valence-corrected chi connectivity index (χ2v) is 6.72. The van der Waals surface area contributed by atoms with Crippen LogP contribution >= 0.6 is 0 Å². The molecule has 1 unspecified atom stereocenters. The minimum atomic E-state index is -2.85. The largest absolute Gasteiger partial charge is 0.504 e. The van der Waals surface area contributed by atoms with Crippen molar-refractivity contribution in [2.75, 3.05) is 18.6 Å². The SMILES string of the molecule is COc1cc(CNC2CCS(=O)(=O)C2)ccc1O. The molecular weight excluding hydrogens is 254 g/mol. The Bertz CT molecular complexity index is 527. The van der Waals surface area contributed by atoms with E-state index in [-0.39, 0.29) is 23.3 Å². The molecule has 2 rings (SSSR count). The number of hydrogen-bond donors (Lipinski definition) is 2. The van der Waals surface area contributed by atoms with Crippen LogP contribution in [-0.4, -0.2) is 38.2 Å². The highest BCUT2D eigenvalue weighted by Crippen LogP contribution is 2.26. The maximum Gasteiger partial charge on any atom is 0.160 e. The molecule has 0 radical (unpaired) electrons. The van der Waals surface area contributed by atoms with Crippen molar-refractivity contribution in [3.8, 4) is 11.5 Å². The standard InChI is InChI=1S/C12H17NO4S/c1-17-12-6-9(2-3-11(12)14)7-13-10-4-5-18(15,16)8-10/h2-3,6,10,13-14H,4-5,7-8H2,1H3. The second-order valence-electron chi connectivity index (χ2n) is 4.49. The lowest BCUT2D eigenvalue weighted by Gasteiger charge is -2.11. The van der Waals surface area contributed by atoms with Crippen LogP contribution in [0.1, 0.15) is 12.0 Å². The van der Waals surface area contributed by atoms with Crippen LogP contribution < -0.4 is 10.1 Å². The first kappa shape index (κ1) is 13.2. The lowest BCUT2D eigenvalue weighted by atomic mass is 10.2. The molecule has 0 saturated carbocycles. The van der Waals surface area contributed by atoms with E-state index in [4.69, 9.17) is 4.74 Å². The monoisotopic (exact) mass is 271 g/mol. The Hall–Kier alpha value is -1.27. The average Bonchev–Trinajstić information content (AvgIpc) is 2.68. The van der Waals surface area contributed by atoms with E-state index in [0.29, 0.717) is 18.7 Å². The van der Waals surface area contributed by atoms with Crippen molar-refractivity contribution in [2.45, 2.75) is 19.0 Å². The van der Waals surface area contributed by atoms with Crippen molar-refractivity contribution in [1.82, 2.24) is 5.32 Å². The molecule has 0 amide bonds. The Balaban J connectivity index is 1.95. The highest BCUT2D eigenvalue weighted by atomic mass is 32.2. The van der Waals surface area contributed by atoms with Gasteiger partial charge in [-0.05, 0) is 24.1 Å². The Labute approximate surface area is 107 Å². The molecule has 5 nitrogen and oxygen atoms in total. The quantitative estimate of drug-likeness (QED) is 0.842. The molecule has 1 aromatic rings. The van der Waals surface area contributed by atoms with Crippen molar-refractivity contribution in [2.24, 2.45) is 0 Å². The normalized spacial score (nSPS) is 21.9. The summed E-state index contributed by atoms with van der Waals surface area (Å²) >= 11 is 0. The summed E-state index contributed by atoms with van der Waals surface area (Å²) in [6.45, 7) is 0.566. The van der Waals surface area contributed by atoms with Crippen LogP contribution in [0.2, 0.25) is 0 Å². The molecule has 18 heavy (non-hydrogen) atoms. The van der Waals surface area contributed by atoms with Gasteiger partial charge in [-0.2, -0.15) is 0 Å². The van der Waals surface area contributed by atoms with Crippen LogP contribution in [0.15, 0.2) is 18.2 Å². The van der Waals surface area contributed by atoms with E-state index in [1.165, 1.54) is 7.11 Å². The summed E-state index contributed by atoms with van der Waals surface area (Å²) in [4.78, 5) is 0. The zero-order chi connectivity index (χ0) is 13.2. The molecule has 1 heterocycles. The summed E-state index contributed by atoms with van der Waals surface area (Å²) in [6, 6.07) is 5.12. The molecule has 1 atom stereocenters. The van der Waals surface area contributed by atoms with Crippen molar-refractivity contribution in [3.05, 3.63) is 23.8 Å². The number of phenolic OH excluding ortho intramolecular Hbond substituents is 1. The zero-order valence-corrected chi connectivity index (χ0v) is 11.0. The van der Waals surface area contributed by atoms with Crippen molar-refractivity contribution in [3.63, 3.8) is 0 Å². The molecule has 1 fully saturated rings. The first-order valence-corrected chi connectivity index (χ1v) is 7.62. The minimum Gasteiger partial charge on any atom is -0.504 e. The van der Waals surface area contributed by atoms with Gasteiger partial charge < -0.3 is 15.2 Å². The lowest BCUT2D eigenvalue weighted by molar-refractivity contribution is 0.372. The van der Waals surface area contributed by atoms with Crippen molar-refractivity contribution in [1.29, 1.82) is 0 Å². The van der Waals surface area contributed by atoms with E-state index in [2.05, 4.69) is 5.32 Å². The smallest absolute Gasteiger partial charge is 0.160 e. The van der Waals surface area contributed by atoms with E-state index in [9.17, 15) is 13.5 Å². The Morgan fingerprint density at radius 1 is 1.50 bits per heavy atom. The molecule has 6 heteroatoms. The van der Waals surface area contributed by atoms with Crippen LogP contribution in [-0.2, 0) is 16.4 Å². The fraction of sp³-hybridized carbons (Fsp3) is 0.500. The fourth-order valence-corrected chi connectivity index (χ4v) is 3.76. The Morgan fingerprint density at radius 2 is 2.28 bits per heavy atom. The van der Waals surface area contributed by atoms with Gasteiger partial charge >= 0.3 is 0 Å². The highest BCUT2D eigenvalue weighted by molar-refractivity contribution is 7.91. The van der Waals surface area contributed by atoms with Crippen LogP contribution in [0.5, 0.6) is 11.5 Å². The van der Waals surface area contributed by atoms with Crippen LogP contribution in [0, 0.1) is 0 Å². The summed E-state index contributed by atoms with van der Waals surface area (Å²) in [5.74, 6) is 1.00. The number of sulfone groups is 1. The molecule has 2 N–H and O–H groups in total. The summed E-state index contributed by atoms with van der Waals surface area (Å²) < 4.78 is 27.6. The number of aromatic hydroxyl groups is 1. The summed E-state index contributed by atoms with van der Waals surface area (Å²) in [6.07, 6.45) is 0.664. The van der Waals surface area contributed by atoms with Gasteiger partial charge in [0, 0.05) is 12.6 Å². The van der Waals surface area contributed by atoms with Gasteiger partial charge in [0.25, 0.3) is 0 Å². The molecule has 0 spiro atoms. The summed E-state index contributed by atoms with van der Waals surface area (Å²) in [7, 11) is -1.35. The average molecular weight is 271 g/mol. The molecule has 100 valence electrons. The number of ether oxygens (including phenoxy) is 1. The van der Waals surface area contributed by atoms with Crippen LogP contribution in [0.25, 0.3) is 0 Å². The number of phenols is 1. The third kappa shape index (κ3) is 3.14. The first-order chi connectivity index (χ1) is 8.50. The number of nitrogens with one attached hydrogen (secondary N) is 1. The van der Waals surface area contributed by atoms with Gasteiger partial charge in [0.15, 0.2) is 21.3 Å². The Morgan fingerprint density at radius 3 is 2.89 bits per heavy atom. The van der Waals surface area contributed by atoms with Crippen molar-refractivity contribution >= 4 is 9.84 Å². The van der Waals surface area contributed by atoms with Gasteiger partial charge in [0.05, 0.1) is 18.6 Å². The van der Waals surface area contributed by atoms with Gasteiger partial charge in [-0.25, -0.2) is 8.42 Å². The number of benzene rings is 1. The topological polar surface area (TPSA) is 75.6 Å². The third-order valence-electron chi connectivity index (χ3n) is 3.07. The number of hydrogen-bond acceptors (Lipinski definition) is 5. The van der Waals surface area contributed by atoms with Crippen LogP contribution in [0.4, 0.5) is 0 Å². The van der Waals surface area contributed by atoms with Gasteiger partial charge in [0.2, 0.25) is 0 Å². The maximum atomic E-state index is 11.3.